The van der Waals surface area contributed by atoms with Crippen molar-refractivity contribution in [3.8, 4) is 0 Å². The van der Waals surface area contributed by atoms with Crippen LogP contribution < -0.4 is 16.4 Å². The third kappa shape index (κ3) is 4.87. The molecular weight excluding hydrogens is 555 g/mol. The molecule has 0 N–H and O–H groups in total. The highest BCUT2D eigenvalue weighted by Crippen LogP contribution is 2.36. The van der Waals surface area contributed by atoms with E-state index >= 15 is 0 Å². The molecule has 1 heterocycles. The van der Waals surface area contributed by atoms with Gasteiger partial charge in [0.1, 0.15) is 46.0 Å². The molecule has 39 heavy (non-hydrogen) atoms. The van der Waals surface area contributed by atoms with Crippen molar-refractivity contribution in [1.82, 2.24) is 0 Å². The van der Waals surface area contributed by atoms with E-state index in [2.05, 4.69) is 4.28 Å². The fourth-order valence-corrected chi connectivity index (χ4v) is 5.28. The van der Waals surface area contributed by atoms with E-state index in [-0.39, 0.29) is 37.5 Å². The molecule has 0 aromatic heterocycles. The summed E-state index contributed by atoms with van der Waals surface area (Å²) < 4.78 is 171. The standard InChI is InChI=1S/C25H17BF12O/c1-12-16(27)6-13(7-17(12)28)26(39-4-2-3-5-39,14-8-18(29)22(19(30)9-14)24(33,34)35)15-10-20(31)23(21(32)11-15)25(36,37)38/h6-11H,2-5H2,1H3. The second-order valence-corrected chi connectivity index (χ2v) is 9.26. The van der Waals surface area contributed by atoms with E-state index in [1.54, 1.807) is 0 Å². The van der Waals surface area contributed by atoms with Crippen LogP contribution in [0.2, 0.25) is 0 Å². The van der Waals surface area contributed by atoms with E-state index in [0.717, 1.165) is 6.92 Å². The average molecular weight is 572 g/mol. The second-order valence-electron chi connectivity index (χ2n) is 9.26. The van der Waals surface area contributed by atoms with Crippen molar-refractivity contribution >= 4 is 22.7 Å². The molecule has 1 fully saturated rings. The van der Waals surface area contributed by atoms with Crippen molar-refractivity contribution < 1.29 is 57.0 Å². The molecule has 1 nitrogen and oxygen atoms in total. The van der Waals surface area contributed by atoms with E-state index in [1.807, 2.05) is 0 Å². The van der Waals surface area contributed by atoms with E-state index < -0.39 is 86.7 Å². The lowest BCUT2D eigenvalue weighted by atomic mass is 9.27. The minimum absolute atomic E-state index is 0.119. The van der Waals surface area contributed by atoms with Crippen molar-refractivity contribution in [3.05, 3.63) is 88.0 Å². The summed E-state index contributed by atoms with van der Waals surface area (Å²) in [5.41, 5.74) is -7.18. The molecular formula is C25H17BF12O. The van der Waals surface area contributed by atoms with Gasteiger partial charge >= 0.3 is 18.7 Å². The predicted molar refractivity (Wildman–Crippen MR) is 119 cm³/mol. The van der Waals surface area contributed by atoms with Crippen LogP contribution in [0, 0.1) is 41.8 Å². The topological polar surface area (TPSA) is 2.70 Å². The Labute approximate surface area is 213 Å². The first-order chi connectivity index (χ1) is 18.0. The molecule has 14 heteroatoms. The fourth-order valence-electron chi connectivity index (χ4n) is 5.28. The van der Waals surface area contributed by atoms with Crippen molar-refractivity contribution in [2.45, 2.75) is 32.1 Å². The Morgan fingerprint density at radius 2 is 0.821 bits per heavy atom. The average Bonchev–Trinajstić information content (AvgIpc) is 3.30. The molecule has 3 aromatic carbocycles. The van der Waals surface area contributed by atoms with Gasteiger partial charge in [-0.25, -0.2) is 26.3 Å². The van der Waals surface area contributed by atoms with Gasteiger partial charge in [-0.2, -0.15) is 26.3 Å². The van der Waals surface area contributed by atoms with Gasteiger partial charge in [-0.05, 0) is 6.92 Å². The summed E-state index contributed by atoms with van der Waals surface area (Å²) in [5.74, 6) is -11.0. The molecule has 3 aromatic rings. The summed E-state index contributed by atoms with van der Waals surface area (Å²) in [5, 5.41) is 0. The molecule has 4 rings (SSSR count). The maximum absolute atomic E-state index is 14.8. The van der Waals surface area contributed by atoms with E-state index in [9.17, 15) is 52.7 Å². The summed E-state index contributed by atoms with van der Waals surface area (Å²) in [6, 6.07) is 2.09. The minimum Gasteiger partial charge on any atom is -0.660 e. The van der Waals surface area contributed by atoms with Gasteiger partial charge in [0.05, 0.1) is 13.2 Å². The van der Waals surface area contributed by atoms with Gasteiger partial charge in [0.25, 0.3) is 0 Å². The SMILES string of the molecule is Cc1c(F)cc([B-](c2cc(F)c(C(F)(F)F)c(F)c2)(c2cc(F)c(C(F)(F)F)c(F)c2)[O+]2CCCC2)cc1F. The van der Waals surface area contributed by atoms with Crippen LogP contribution >= 0.6 is 0 Å². The third-order valence-electron chi connectivity index (χ3n) is 6.97. The van der Waals surface area contributed by atoms with Crippen molar-refractivity contribution in [2.75, 3.05) is 13.2 Å². The van der Waals surface area contributed by atoms with Gasteiger partial charge in [0.15, 0.2) is 0 Å². The first-order valence-electron chi connectivity index (χ1n) is 11.4. The van der Waals surface area contributed by atoms with Crippen LogP contribution in [-0.2, 0) is 16.6 Å². The van der Waals surface area contributed by atoms with Gasteiger partial charge < -0.3 is 4.28 Å². The van der Waals surface area contributed by atoms with E-state index in [1.165, 1.54) is 0 Å². The lowest BCUT2D eigenvalue weighted by Gasteiger charge is -2.47. The molecule has 210 valence electrons. The molecule has 0 spiro atoms. The Kier molecular flexibility index (Phi) is 7.24. The summed E-state index contributed by atoms with van der Waals surface area (Å²) >= 11 is 0. The number of alkyl halides is 6. The van der Waals surface area contributed by atoms with E-state index in [4.69, 9.17) is 0 Å². The quantitative estimate of drug-likeness (QED) is 0.200. The largest absolute Gasteiger partial charge is 0.660 e. The summed E-state index contributed by atoms with van der Waals surface area (Å²) in [6.45, 7) is 0.790. The zero-order valence-electron chi connectivity index (χ0n) is 19.8. The number of hydrogen-bond acceptors (Lipinski definition) is 0. The first kappa shape index (κ1) is 28.8. The number of benzene rings is 3. The third-order valence-corrected chi connectivity index (χ3v) is 6.97. The Bertz CT molecular complexity index is 1290. The van der Waals surface area contributed by atoms with Crippen LogP contribution in [-0.4, -0.2) is 19.6 Å². The highest BCUT2D eigenvalue weighted by Gasteiger charge is 2.50. The minimum atomic E-state index is -5.50. The van der Waals surface area contributed by atoms with Crippen LogP contribution in [0.3, 0.4) is 0 Å². The van der Waals surface area contributed by atoms with Gasteiger partial charge in [0, 0.05) is 18.4 Å². The Balaban J connectivity index is 2.19. The lowest BCUT2D eigenvalue weighted by Crippen LogP contribution is -2.74. The van der Waals surface area contributed by atoms with Gasteiger partial charge in [0.2, 0.25) is 0 Å². The first-order valence-corrected chi connectivity index (χ1v) is 11.4. The molecule has 1 aliphatic heterocycles. The number of rotatable bonds is 4. The molecule has 0 unspecified atom stereocenters. The maximum Gasteiger partial charge on any atom is 0.422 e. The Hall–Kier alpha value is -3.16. The monoisotopic (exact) mass is 572 g/mol. The number of halogens is 12. The molecule has 0 aliphatic carbocycles. The molecule has 0 radical (unpaired) electrons. The maximum atomic E-state index is 14.8. The van der Waals surface area contributed by atoms with Gasteiger partial charge in [-0.15, -0.1) is 16.4 Å². The molecule has 0 bridgehead atoms. The normalized spacial score (nSPS) is 15.3. The zero-order chi connectivity index (χ0) is 29.1. The van der Waals surface area contributed by atoms with Gasteiger partial charge in [-0.3, -0.25) is 0 Å². The van der Waals surface area contributed by atoms with Gasteiger partial charge in [-0.1, -0.05) is 36.4 Å². The molecule has 1 saturated heterocycles. The molecule has 0 amide bonds. The highest BCUT2D eigenvalue weighted by atomic mass is 19.4. The lowest BCUT2D eigenvalue weighted by molar-refractivity contribution is -0.143. The predicted octanol–water partition coefficient (Wildman–Crippen LogP) is 6.18. The van der Waals surface area contributed by atoms with E-state index in [0.29, 0.717) is 25.0 Å². The second kappa shape index (κ2) is 9.79. The fraction of sp³-hybridized carbons (Fsp3) is 0.280. The van der Waals surface area contributed by atoms with Crippen LogP contribution in [0.5, 0.6) is 0 Å². The van der Waals surface area contributed by atoms with Crippen molar-refractivity contribution in [2.24, 2.45) is 0 Å². The summed E-state index contributed by atoms with van der Waals surface area (Å²) in [7, 11) is 0. The number of hydrogen-bond donors (Lipinski definition) is 0. The van der Waals surface area contributed by atoms with Crippen LogP contribution in [0.15, 0.2) is 36.4 Å². The molecule has 1 aliphatic rings. The Morgan fingerprint density at radius 3 is 1.10 bits per heavy atom. The molecule has 0 saturated carbocycles. The van der Waals surface area contributed by atoms with Crippen LogP contribution in [0.1, 0.15) is 29.5 Å². The molecule has 0 atom stereocenters. The van der Waals surface area contributed by atoms with Crippen LogP contribution in [0.25, 0.3) is 0 Å². The smallest absolute Gasteiger partial charge is 0.422 e. The Morgan fingerprint density at radius 1 is 0.538 bits per heavy atom. The summed E-state index contributed by atoms with van der Waals surface area (Å²) in [6.07, 6.45) is -14.0. The highest BCUT2D eigenvalue weighted by molar-refractivity contribution is 7.07. The van der Waals surface area contributed by atoms with Crippen LogP contribution in [0.4, 0.5) is 52.7 Å². The van der Waals surface area contributed by atoms with Crippen molar-refractivity contribution in [1.29, 1.82) is 0 Å². The zero-order valence-corrected chi connectivity index (χ0v) is 19.8. The van der Waals surface area contributed by atoms with Crippen molar-refractivity contribution in [3.63, 3.8) is 0 Å². The summed E-state index contributed by atoms with van der Waals surface area (Å²) in [4.78, 5) is 0.